The summed E-state index contributed by atoms with van der Waals surface area (Å²) in [6, 6.07) is 0. The summed E-state index contributed by atoms with van der Waals surface area (Å²) in [4.78, 5) is 21.8. The third-order valence-corrected chi connectivity index (χ3v) is 1.59. The quantitative estimate of drug-likeness (QED) is 0.513. The summed E-state index contributed by atoms with van der Waals surface area (Å²) >= 11 is 0. The van der Waals surface area contributed by atoms with Gasteiger partial charge in [0, 0.05) is 0 Å². The van der Waals surface area contributed by atoms with Crippen LogP contribution in [0.5, 0.6) is 0 Å². The van der Waals surface area contributed by atoms with E-state index in [-0.39, 0.29) is 6.61 Å². The van der Waals surface area contributed by atoms with Crippen molar-refractivity contribution in [2.75, 3.05) is 6.61 Å². The van der Waals surface area contributed by atoms with Crippen LogP contribution >= 0.6 is 0 Å². The van der Waals surface area contributed by atoms with Crippen molar-refractivity contribution >= 4 is 11.9 Å². The summed E-state index contributed by atoms with van der Waals surface area (Å²) in [6.07, 6.45) is -1.77. The molecule has 14 heavy (non-hydrogen) atoms. The van der Waals surface area contributed by atoms with Gasteiger partial charge in [-0.1, -0.05) is 0 Å². The van der Waals surface area contributed by atoms with Gasteiger partial charge in [0.1, 0.15) is 12.5 Å². The van der Waals surface area contributed by atoms with Crippen molar-refractivity contribution in [1.29, 1.82) is 0 Å². The summed E-state index contributed by atoms with van der Waals surface area (Å²) in [5.41, 5.74) is 0. The number of carbonyl (C=O) groups is 2. The Labute approximate surface area is 83.0 Å². The van der Waals surface area contributed by atoms with Crippen LogP contribution in [0.4, 0.5) is 0 Å². The molecule has 0 radical (unpaired) electrons. The molecule has 0 aliphatic heterocycles. The highest BCUT2D eigenvalue weighted by molar-refractivity contribution is 5.91. The van der Waals surface area contributed by atoms with Gasteiger partial charge in [-0.25, -0.2) is 0 Å². The van der Waals surface area contributed by atoms with Gasteiger partial charge in [-0.2, -0.15) is 0 Å². The molecule has 0 fully saturated rings. The third-order valence-electron chi connectivity index (χ3n) is 1.59. The number of aliphatic hydroxyl groups is 1. The topological polar surface area (TPSA) is 72.8 Å². The second-order valence-electron chi connectivity index (χ2n) is 2.92. The molecule has 0 aliphatic rings. The molecule has 1 N–H and O–H groups in total. The van der Waals surface area contributed by atoms with Crippen LogP contribution in [0.1, 0.15) is 27.2 Å². The Balaban J connectivity index is 3.81. The molecule has 0 aliphatic carbocycles. The molecule has 0 aromatic rings. The highest BCUT2D eigenvalue weighted by Crippen LogP contribution is 2.00. The fourth-order valence-corrected chi connectivity index (χ4v) is 0.677. The summed E-state index contributed by atoms with van der Waals surface area (Å²) < 4.78 is 9.29. The minimum Gasteiger partial charge on any atom is -0.466 e. The van der Waals surface area contributed by atoms with Gasteiger partial charge in [-0.05, 0) is 20.8 Å². The number of aliphatic hydroxyl groups excluding tert-OH is 1. The number of esters is 2. The Bertz CT molecular complexity index is 199. The van der Waals surface area contributed by atoms with Crippen molar-refractivity contribution in [3.05, 3.63) is 0 Å². The lowest BCUT2D eigenvalue weighted by atomic mass is 10.2. The van der Waals surface area contributed by atoms with E-state index in [4.69, 9.17) is 9.84 Å². The van der Waals surface area contributed by atoms with E-state index >= 15 is 0 Å². The maximum absolute atomic E-state index is 11.0. The molecule has 2 atom stereocenters. The van der Waals surface area contributed by atoms with E-state index in [0.29, 0.717) is 0 Å². The average Bonchev–Trinajstić information content (AvgIpc) is 2.03. The zero-order valence-electron chi connectivity index (χ0n) is 8.65. The number of ether oxygens (including phenoxy) is 2. The fraction of sp³-hybridized carbons (Fsp3) is 0.778. The standard InChI is InChI=1S/C9H16O5/c1-4-13-8(11)5-9(12)14-7(3)6(2)10/h6-7,10H,4-5H2,1-3H3. The zero-order chi connectivity index (χ0) is 11.1. The third kappa shape index (κ3) is 5.53. The van der Waals surface area contributed by atoms with E-state index in [1.165, 1.54) is 6.92 Å². The first-order valence-corrected chi connectivity index (χ1v) is 4.50. The van der Waals surface area contributed by atoms with Crippen LogP contribution in [0.25, 0.3) is 0 Å². The Hall–Kier alpha value is -1.10. The van der Waals surface area contributed by atoms with Crippen LogP contribution in [0.15, 0.2) is 0 Å². The van der Waals surface area contributed by atoms with Gasteiger partial charge in [0.2, 0.25) is 0 Å². The van der Waals surface area contributed by atoms with E-state index in [1.54, 1.807) is 13.8 Å². The van der Waals surface area contributed by atoms with E-state index in [2.05, 4.69) is 4.74 Å². The molecule has 0 aromatic heterocycles. The summed E-state index contributed by atoms with van der Waals surface area (Å²) in [7, 11) is 0. The van der Waals surface area contributed by atoms with Crippen molar-refractivity contribution in [1.82, 2.24) is 0 Å². The number of hydrogen-bond acceptors (Lipinski definition) is 5. The van der Waals surface area contributed by atoms with Gasteiger partial charge in [0.15, 0.2) is 0 Å². The second kappa shape index (κ2) is 6.37. The molecule has 0 saturated carbocycles. The van der Waals surface area contributed by atoms with Crippen LogP contribution in [0.3, 0.4) is 0 Å². The van der Waals surface area contributed by atoms with Crippen molar-refractivity contribution in [2.24, 2.45) is 0 Å². The molecular formula is C9H16O5. The molecule has 0 aromatic carbocycles. The van der Waals surface area contributed by atoms with Gasteiger partial charge in [0.25, 0.3) is 0 Å². The normalized spacial score (nSPS) is 14.3. The Morgan fingerprint density at radius 2 is 1.86 bits per heavy atom. The van der Waals surface area contributed by atoms with Crippen LogP contribution in [0.2, 0.25) is 0 Å². The van der Waals surface area contributed by atoms with Crippen LogP contribution in [-0.2, 0) is 19.1 Å². The molecule has 0 bridgehead atoms. The monoisotopic (exact) mass is 204 g/mol. The average molecular weight is 204 g/mol. The van der Waals surface area contributed by atoms with Gasteiger partial charge >= 0.3 is 11.9 Å². The molecule has 0 rings (SSSR count). The highest BCUT2D eigenvalue weighted by Gasteiger charge is 2.17. The Morgan fingerprint density at radius 3 is 2.29 bits per heavy atom. The van der Waals surface area contributed by atoms with Crippen molar-refractivity contribution in [3.63, 3.8) is 0 Å². The molecule has 2 unspecified atom stereocenters. The molecule has 82 valence electrons. The first-order chi connectivity index (χ1) is 6.47. The predicted octanol–water partition coefficient (Wildman–Crippen LogP) is 0.252. The van der Waals surface area contributed by atoms with E-state index in [9.17, 15) is 9.59 Å². The fourth-order valence-electron chi connectivity index (χ4n) is 0.677. The molecule has 0 heterocycles. The smallest absolute Gasteiger partial charge is 0.317 e. The lowest BCUT2D eigenvalue weighted by Crippen LogP contribution is -2.27. The number of hydrogen-bond donors (Lipinski definition) is 1. The van der Waals surface area contributed by atoms with E-state index in [0.717, 1.165) is 0 Å². The van der Waals surface area contributed by atoms with Crippen LogP contribution in [0, 0.1) is 0 Å². The van der Waals surface area contributed by atoms with Gasteiger partial charge < -0.3 is 14.6 Å². The summed E-state index contributed by atoms with van der Waals surface area (Å²) in [5, 5.41) is 9.01. The van der Waals surface area contributed by atoms with Gasteiger partial charge in [-0.3, -0.25) is 9.59 Å². The van der Waals surface area contributed by atoms with Gasteiger partial charge in [0.05, 0.1) is 12.7 Å². The number of carbonyl (C=O) groups excluding carboxylic acids is 2. The summed E-state index contributed by atoms with van der Waals surface area (Å²) in [5.74, 6) is -1.30. The molecule has 0 saturated heterocycles. The van der Waals surface area contributed by atoms with Crippen LogP contribution in [-0.4, -0.2) is 35.9 Å². The Kier molecular flexibility index (Phi) is 5.87. The van der Waals surface area contributed by atoms with Crippen molar-refractivity contribution in [3.8, 4) is 0 Å². The molecule has 5 heteroatoms. The molecule has 0 amide bonds. The van der Waals surface area contributed by atoms with E-state index < -0.39 is 30.6 Å². The lowest BCUT2D eigenvalue weighted by Gasteiger charge is -2.15. The van der Waals surface area contributed by atoms with Crippen molar-refractivity contribution in [2.45, 2.75) is 39.4 Å². The minimum absolute atomic E-state index is 0.234. The van der Waals surface area contributed by atoms with Gasteiger partial charge in [-0.15, -0.1) is 0 Å². The lowest BCUT2D eigenvalue weighted by molar-refractivity contribution is -0.160. The first kappa shape index (κ1) is 12.9. The maximum atomic E-state index is 11.0. The maximum Gasteiger partial charge on any atom is 0.317 e. The zero-order valence-corrected chi connectivity index (χ0v) is 8.65. The minimum atomic E-state index is -0.749. The number of rotatable bonds is 5. The SMILES string of the molecule is CCOC(=O)CC(=O)OC(C)C(C)O. The van der Waals surface area contributed by atoms with E-state index in [1.807, 2.05) is 0 Å². The second-order valence-corrected chi connectivity index (χ2v) is 2.92. The largest absolute Gasteiger partial charge is 0.466 e. The highest BCUT2D eigenvalue weighted by atomic mass is 16.6. The predicted molar refractivity (Wildman–Crippen MR) is 48.5 cm³/mol. The molecule has 5 nitrogen and oxygen atoms in total. The Morgan fingerprint density at radius 1 is 1.29 bits per heavy atom. The molecular weight excluding hydrogens is 188 g/mol. The van der Waals surface area contributed by atoms with Crippen LogP contribution < -0.4 is 0 Å². The summed E-state index contributed by atoms with van der Waals surface area (Å²) in [6.45, 7) is 4.94. The molecule has 0 spiro atoms. The van der Waals surface area contributed by atoms with Crippen molar-refractivity contribution < 1.29 is 24.2 Å². The first-order valence-electron chi connectivity index (χ1n) is 4.50.